The van der Waals surface area contributed by atoms with Crippen molar-refractivity contribution in [3.63, 3.8) is 0 Å². The lowest BCUT2D eigenvalue weighted by molar-refractivity contribution is 0.0666. The van der Waals surface area contributed by atoms with Crippen molar-refractivity contribution in [3.05, 3.63) is 76.0 Å². The van der Waals surface area contributed by atoms with Crippen LogP contribution in [0.3, 0.4) is 0 Å². The number of amides is 1. The number of hydrogen-bond acceptors (Lipinski definition) is 4. The van der Waals surface area contributed by atoms with Gasteiger partial charge in [-0.2, -0.15) is 0 Å². The number of ether oxygens (including phenoxy) is 1. The van der Waals surface area contributed by atoms with E-state index in [0.29, 0.717) is 36.8 Å². The van der Waals surface area contributed by atoms with E-state index >= 15 is 0 Å². The number of fused-ring (bicyclic) bond motifs is 4. The summed E-state index contributed by atoms with van der Waals surface area (Å²) in [6, 6.07) is 7.95. The molecule has 2 aliphatic heterocycles. The first-order chi connectivity index (χ1) is 14.8. The van der Waals surface area contributed by atoms with Crippen LogP contribution < -0.4 is 10.3 Å². The number of hydrogen-bond donors (Lipinski definition) is 0. The summed E-state index contributed by atoms with van der Waals surface area (Å²) in [6.45, 7) is 5.13. The molecule has 1 aromatic carbocycles. The molecule has 1 amide bonds. The molecule has 0 radical (unpaired) electrons. The normalized spacial score (nSPS) is 25.6. The number of aryl methyl sites for hydroxylation is 1. The van der Waals surface area contributed by atoms with E-state index in [4.69, 9.17) is 4.74 Å². The number of rotatable bonds is 3. The zero-order chi connectivity index (χ0) is 21.5. The highest BCUT2D eigenvalue weighted by Gasteiger charge is 2.73. The molecule has 1 fully saturated rings. The van der Waals surface area contributed by atoms with Gasteiger partial charge in [-0.15, -0.1) is 0 Å². The predicted octanol–water partition coefficient (Wildman–Crippen LogP) is 2.43. The molecule has 0 unspecified atom stereocenters. The molecule has 0 spiro atoms. The number of carbonyl (C=O) groups is 1. The van der Waals surface area contributed by atoms with Gasteiger partial charge >= 0.3 is 0 Å². The molecular formula is C23H21FN4O3. The third kappa shape index (κ3) is 2.41. The Hall–Kier alpha value is -3.42. The minimum Gasteiger partial charge on any atom is -0.486 e. The summed E-state index contributed by atoms with van der Waals surface area (Å²) in [5.41, 5.74) is 1.43. The Morgan fingerprint density at radius 3 is 2.81 bits per heavy atom. The summed E-state index contributed by atoms with van der Waals surface area (Å²) in [6.07, 6.45) is 4.12. The highest BCUT2D eigenvalue weighted by Crippen LogP contribution is 2.67. The maximum absolute atomic E-state index is 13.9. The average Bonchev–Trinajstić information content (AvgIpc) is 2.99. The monoisotopic (exact) mass is 420 g/mol. The van der Waals surface area contributed by atoms with Gasteiger partial charge in [0.05, 0.1) is 17.4 Å². The van der Waals surface area contributed by atoms with Crippen molar-refractivity contribution in [3.8, 4) is 11.4 Å². The van der Waals surface area contributed by atoms with Crippen LogP contribution in [0.25, 0.3) is 5.69 Å². The number of aromatic nitrogens is 3. The summed E-state index contributed by atoms with van der Waals surface area (Å²) in [7, 11) is 0. The molecule has 31 heavy (non-hydrogen) atoms. The van der Waals surface area contributed by atoms with Crippen LogP contribution in [-0.2, 0) is 12.0 Å². The highest BCUT2D eigenvalue weighted by molar-refractivity contribution is 5.93. The smallest absolute Gasteiger partial charge is 0.275 e. The Balaban J connectivity index is 1.33. The number of halogens is 1. The van der Waals surface area contributed by atoms with Crippen LogP contribution in [0.15, 0.2) is 47.7 Å². The number of nitrogens with zero attached hydrogens (tertiary/aromatic N) is 4. The molecule has 2 atom stereocenters. The van der Waals surface area contributed by atoms with E-state index in [1.165, 1.54) is 16.7 Å². The second-order valence-electron chi connectivity index (χ2n) is 8.94. The second kappa shape index (κ2) is 5.84. The van der Waals surface area contributed by atoms with Crippen LogP contribution in [0.2, 0.25) is 0 Å². The first-order valence-electron chi connectivity index (χ1n) is 10.3. The Labute approximate surface area is 177 Å². The van der Waals surface area contributed by atoms with E-state index in [2.05, 4.69) is 4.98 Å². The molecule has 4 heterocycles. The predicted molar refractivity (Wildman–Crippen MR) is 110 cm³/mol. The molecule has 1 saturated carbocycles. The fraction of sp³-hybridized carbons (Fsp3) is 0.348. The van der Waals surface area contributed by atoms with Gasteiger partial charge in [-0.25, -0.2) is 9.37 Å². The molecule has 0 saturated heterocycles. The number of carbonyl (C=O) groups excluding carboxylic acids is 1. The molecular weight excluding hydrogens is 399 g/mol. The molecule has 8 heteroatoms. The van der Waals surface area contributed by atoms with Gasteiger partial charge < -0.3 is 18.8 Å². The third-order valence-corrected chi connectivity index (χ3v) is 7.02. The molecule has 2 aromatic heterocycles. The lowest BCUT2D eigenvalue weighted by atomic mass is 9.92. The van der Waals surface area contributed by atoms with E-state index in [1.54, 1.807) is 40.2 Å². The molecule has 7 nitrogen and oxygen atoms in total. The van der Waals surface area contributed by atoms with E-state index in [1.807, 2.05) is 13.8 Å². The fourth-order valence-corrected chi connectivity index (χ4v) is 5.25. The number of pyridine rings is 1. The number of imidazole rings is 1. The first kappa shape index (κ1) is 18.4. The summed E-state index contributed by atoms with van der Waals surface area (Å²) in [5, 5.41) is 0. The Morgan fingerprint density at radius 2 is 2.03 bits per heavy atom. The SMILES string of the molecule is Cc1cn(-c2ccc3n(c2=O)CCN(C[C@@]24C[C@]2(C)Oc2ccc(F)cc24)C3=O)cn1. The zero-order valence-electron chi connectivity index (χ0n) is 17.3. The van der Waals surface area contributed by atoms with Crippen LogP contribution >= 0.6 is 0 Å². The van der Waals surface area contributed by atoms with Crippen molar-refractivity contribution < 1.29 is 13.9 Å². The van der Waals surface area contributed by atoms with Gasteiger partial charge in [0.2, 0.25) is 0 Å². The third-order valence-electron chi connectivity index (χ3n) is 7.02. The van der Waals surface area contributed by atoms with E-state index < -0.39 is 11.0 Å². The fourth-order valence-electron chi connectivity index (χ4n) is 5.25. The topological polar surface area (TPSA) is 69.4 Å². The van der Waals surface area contributed by atoms with Crippen LogP contribution in [-0.4, -0.2) is 43.6 Å². The summed E-state index contributed by atoms with van der Waals surface area (Å²) in [5.74, 6) is 0.198. The first-order valence-corrected chi connectivity index (χ1v) is 10.3. The van der Waals surface area contributed by atoms with Gasteiger partial charge in [0.1, 0.15) is 28.5 Å². The quantitative estimate of drug-likeness (QED) is 0.653. The number of benzene rings is 1. The summed E-state index contributed by atoms with van der Waals surface area (Å²) < 4.78 is 23.2. The molecule has 6 rings (SSSR count). The zero-order valence-corrected chi connectivity index (χ0v) is 17.3. The molecule has 1 aliphatic carbocycles. The van der Waals surface area contributed by atoms with Crippen molar-refractivity contribution in [2.24, 2.45) is 0 Å². The highest BCUT2D eigenvalue weighted by atomic mass is 19.1. The second-order valence-corrected chi connectivity index (χ2v) is 8.94. The maximum atomic E-state index is 13.9. The Morgan fingerprint density at radius 1 is 1.19 bits per heavy atom. The molecule has 158 valence electrons. The van der Waals surface area contributed by atoms with Gasteiger partial charge in [-0.3, -0.25) is 9.59 Å². The lowest BCUT2D eigenvalue weighted by Gasteiger charge is -2.32. The average molecular weight is 420 g/mol. The van der Waals surface area contributed by atoms with E-state index in [-0.39, 0.29) is 17.3 Å². The van der Waals surface area contributed by atoms with Gasteiger partial charge in [0, 0.05) is 37.8 Å². The summed E-state index contributed by atoms with van der Waals surface area (Å²) >= 11 is 0. The van der Waals surface area contributed by atoms with Gasteiger partial charge in [0.25, 0.3) is 11.5 Å². The van der Waals surface area contributed by atoms with Gasteiger partial charge in [-0.05, 0) is 44.2 Å². The molecule has 3 aliphatic rings. The van der Waals surface area contributed by atoms with E-state index in [9.17, 15) is 14.0 Å². The van der Waals surface area contributed by atoms with Crippen LogP contribution in [0, 0.1) is 12.7 Å². The van der Waals surface area contributed by atoms with Crippen molar-refractivity contribution in [1.29, 1.82) is 0 Å². The Kier molecular flexibility index (Phi) is 3.46. The van der Waals surface area contributed by atoms with Crippen LogP contribution in [0.5, 0.6) is 5.75 Å². The Bertz CT molecular complexity index is 1330. The van der Waals surface area contributed by atoms with Crippen molar-refractivity contribution in [2.75, 3.05) is 13.1 Å². The van der Waals surface area contributed by atoms with Crippen molar-refractivity contribution in [1.82, 2.24) is 19.0 Å². The molecule has 0 bridgehead atoms. The summed E-state index contributed by atoms with van der Waals surface area (Å²) in [4.78, 5) is 32.3. The molecule has 3 aromatic rings. The standard InChI is InChI=1S/C23H21FN4O3/c1-14-10-27(13-25-14)17-4-5-18-20(29)26(7-8-28(18)21(17)30)12-23-11-22(23,2)31-19-6-3-15(24)9-16(19)23/h3-6,9-10,13H,7-8,11-12H2,1-2H3/t22-,23+/m0/s1. The minimum atomic E-state index is -0.427. The lowest BCUT2D eigenvalue weighted by Crippen LogP contribution is -2.48. The van der Waals surface area contributed by atoms with Crippen LogP contribution in [0.4, 0.5) is 4.39 Å². The maximum Gasteiger partial charge on any atom is 0.275 e. The van der Waals surface area contributed by atoms with Crippen molar-refractivity contribution in [2.45, 2.75) is 37.8 Å². The van der Waals surface area contributed by atoms with Crippen LogP contribution in [0.1, 0.15) is 35.1 Å². The van der Waals surface area contributed by atoms with Crippen molar-refractivity contribution >= 4 is 5.91 Å². The van der Waals surface area contributed by atoms with E-state index in [0.717, 1.165) is 17.7 Å². The van der Waals surface area contributed by atoms with Gasteiger partial charge in [0.15, 0.2) is 0 Å². The largest absolute Gasteiger partial charge is 0.486 e. The minimum absolute atomic E-state index is 0.190. The molecule has 0 N–H and O–H groups in total. The van der Waals surface area contributed by atoms with Gasteiger partial charge in [-0.1, -0.05) is 0 Å².